The Labute approximate surface area is 94.1 Å². The molecule has 0 aliphatic heterocycles. The predicted octanol–water partition coefficient (Wildman–Crippen LogP) is 0.519. The second-order valence-corrected chi connectivity index (χ2v) is 3.37. The van der Waals surface area contributed by atoms with Gasteiger partial charge in [-0.15, -0.1) is 0 Å². The summed E-state index contributed by atoms with van der Waals surface area (Å²) >= 11 is 0. The van der Waals surface area contributed by atoms with Gasteiger partial charge in [0.05, 0.1) is 5.56 Å². The van der Waals surface area contributed by atoms with Gasteiger partial charge in [0.25, 0.3) is 5.91 Å². The highest BCUT2D eigenvalue weighted by molar-refractivity contribution is 5.97. The van der Waals surface area contributed by atoms with E-state index in [1.165, 1.54) is 23.1 Å². The van der Waals surface area contributed by atoms with Gasteiger partial charge < -0.3 is 20.8 Å². The molecular formula is C11H16N2O3. The Balaban J connectivity index is 2.98. The van der Waals surface area contributed by atoms with E-state index >= 15 is 0 Å². The first kappa shape index (κ1) is 12.3. The van der Waals surface area contributed by atoms with Crippen molar-refractivity contribution in [1.29, 1.82) is 0 Å². The average molecular weight is 224 g/mol. The quantitative estimate of drug-likeness (QED) is 0.651. The number of carbonyl (C=O) groups excluding carboxylic acids is 1. The van der Waals surface area contributed by atoms with Crippen molar-refractivity contribution >= 4 is 5.91 Å². The summed E-state index contributed by atoms with van der Waals surface area (Å²) < 4.78 is 0. The highest BCUT2D eigenvalue weighted by atomic mass is 16.3. The van der Waals surface area contributed by atoms with E-state index in [-0.39, 0.29) is 23.0 Å². The Morgan fingerprint density at radius 3 is 2.69 bits per heavy atom. The third-order valence-electron chi connectivity index (χ3n) is 2.28. The molecule has 1 aromatic rings. The zero-order valence-corrected chi connectivity index (χ0v) is 9.18. The normalized spacial score (nSPS) is 10.1. The number of nitrogens with zero attached hydrogens (tertiary/aromatic N) is 1. The lowest BCUT2D eigenvalue weighted by Gasteiger charge is -2.20. The van der Waals surface area contributed by atoms with Gasteiger partial charge in [0.2, 0.25) is 0 Å². The van der Waals surface area contributed by atoms with Crippen molar-refractivity contribution in [1.82, 2.24) is 4.90 Å². The third kappa shape index (κ3) is 2.64. The maximum atomic E-state index is 11.9. The number of phenols is 2. The molecular weight excluding hydrogens is 208 g/mol. The Morgan fingerprint density at radius 1 is 1.44 bits per heavy atom. The number of rotatable bonds is 4. The van der Waals surface area contributed by atoms with E-state index in [0.29, 0.717) is 19.6 Å². The number of benzene rings is 1. The van der Waals surface area contributed by atoms with Crippen LogP contribution in [0.4, 0.5) is 0 Å². The van der Waals surface area contributed by atoms with Crippen molar-refractivity contribution in [2.45, 2.75) is 6.92 Å². The molecule has 0 aliphatic carbocycles. The zero-order valence-electron chi connectivity index (χ0n) is 9.18. The first-order valence-electron chi connectivity index (χ1n) is 5.11. The van der Waals surface area contributed by atoms with Crippen LogP contribution in [0.3, 0.4) is 0 Å². The summed E-state index contributed by atoms with van der Waals surface area (Å²) in [6, 6.07) is 3.86. The number of phenolic OH excluding ortho intramolecular Hbond substituents is 2. The van der Waals surface area contributed by atoms with Crippen LogP contribution in [0.25, 0.3) is 0 Å². The van der Waals surface area contributed by atoms with Gasteiger partial charge in [-0.1, -0.05) is 0 Å². The molecule has 1 amide bonds. The van der Waals surface area contributed by atoms with E-state index in [1.54, 1.807) is 0 Å². The van der Waals surface area contributed by atoms with Crippen molar-refractivity contribution in [2.24, 2.45) is 5.73 Å². The SMILES string of the molecule is CCN(CCN)C(=O)c1cc(O)ccc1O. The number of hydrogen-bond donors (Lipinski definition) is 3. The molecule has 1 rings (SSSR count). The minimum Gasteiger partial charge on any atom is -0.508 e. The van der Waals surface area contributed by atoms with Crippen LogP contribution in [0.15, 0.2) is 18.2 Å². The molecule has 0 saturated carbocycles. The lowest BCUT2D eigenvalue weighted by atomic mass is 10.1. The number of aromatic hydroxyl groups is 2. The molecule has 0 spiro atoms. The zero-order chi connectivity index (χ0) is 12.1. The van der Waals surface area contributed by atoms with E-state index < -0.39 is 0 Å². The fourth-order valence-electron chi connectivity index (χ4n) is 1.42. The second-order valence-electron chi connectivity index (χ2n) is 3.37. The van der Waals surface area contributed by atoms with Crippen LogP contribution in [0.5, 0.6) is 11.5 Å². The lowest BCUT2D eigenvalue weighted by Crippen LogP contribution is -2.35. The minimum absolute atomic E-state index is 0.0510. The van der Waals surface area contributed by atoms with Crippen molar-refractivity contribution < 1.29 is 15.0 Å². The third-order valence-corrected chi connectivity index (χ3v) is 2.28. The molecule has 88 valence electrons. The van der Waals surface area contributed by atoms with Gasteiger partial charge in [-0.2, -0.15) is 0 Å². The molecule has 5 nitrogen and oxygen atoms in total. The van der Waals surface area contributed by atoms with Crippen LogP contribution in [0.1, 0.15) is 17.3 Å². The van der Waals surface area contributed by atoms with E-state index in [2.05, 4.69) is 0 Å². The maximum Gasteiger partial charge on any atom is 0.257 e. The van der Waals surface area contributed by atoms with Crippen molar-refractivity contribution in [3.05, 3.63) is 23.8 Å². The maximum absolute atomic E-state index is 11.9. The molecule has 0 aliphatic rings. The van der Waals surface area contributed by atoms with Crippen LogP contribution in [-0.4, -0.2) is 40.7 Å². The molecule has 1 aromatic carbocycles. The number of hydrogen-bond acceptors (Lipinski definition) is 4. The average Bonchev–Trinajstić information content (AvgIpc) is 2.28. The fourth-order valence-corrected chi connectivity index (χ4v) is 1.42. The molecule has 16 heavy (non-hydrogen) atoms. The van der Waals surface area contributed by atoms with Crippen molar-refractivity contribution in [3.8, 4) is 11.5 Å². The van der Waals surface area contributed by atoms with Gasteiger partial charge in [-0.05, 0) is 25.1 Å². The van der Waals surface area contributed by atoms with Gasteiger partial charge in [0.1, 0.15) is 11.5 Å². The van der Waals surface area contributed by atoms with Crippen LogP contribution in [0.2, 0.25) is 0 Å². The van der Waals surface area contributed by atoms with Crippen molar-refractivity contribution in [3.63, 3.8) is 0 Å². The smallest absolute Gasteiger partial charge is 0.257 e. The van der Waals surface area contributed by atoms with Crippen LogP contribution in [-0.2, 0) is 0 Å². The summed E-state index contributed by atoms with van der Waals surface area (Å²) in [5.74, 6) is -0.524. The van der Waals surface area contributed by atoms with Crippen LogP contribution >= 0.6 is 0 Å². The first-order chi connectivity index (χ1) is 7.60. The minimum atomic E-state index is -0.332. The van der Waals surface area contributed by atoms with E-state index in [0.717, 1.165) is 0 Å². The molecule has 0 atom stereocenters. The molecule has 0 unspecified atom stereocenters. The summed E-state index contributed by atoms with van der Waals surface area (Å²) in [5, 5.41) is 18.8. The molecule has 0 radical (unpaired) electrons. The molecule has 4 N–H and O–H groups in total. The Hall–Kier alpha value is -1.75. The fraction of sp³-hybridized carbons (Fsp3) is 0.364. The van der Waals surface area contributed by atoms with Gasteiger partial charge in [0, 0.05) is 19.6 Å². The molecule has 0 heterocycles. The summed E-state index contributed by atoms with van der Waals surface area (Å²) in [5.41, 5.74) is 5.48. The number of amides is 1. The largest absolute Gasteiger partial charge is 0.508 e. The molecule has 0 saturated heterocycles. The summed E-state index contributed by atoms with van der Waals surface area (Å²) in [6.07, 6.45) is 0. The summed E-state index contributed by atoms with van der Waals surface area (Å²) in [7, 11) is 0. The molecule has 0 aromatic heterocycles. The van der Waals surface area contributed by atoms with E-state index in [1.807, 2.05) is 6.92 Å². The van der Waals surface area contributed by atoms with Gasteiger partial charge in [-0.3, -0.25) is 4.79 Å². The Kier molecular flexibility index (Phi) is 4.13. The topological polar surface area (TPSA) is 86.8 Å². The van der Waals surface area contributed by atoms with E-state index in [9.17, 15) is 15.0 Å². The van der Waals surface area contributed by atoms with Gasteiger partial charge in [0.15, 0.2) is 0 Å². The summed E-state index contributed by atoms with van der Waals surface area (Å²) in [4.78, 5) is 13.4. The van der Waals surface area contributed by atoms with Crippen LogP contribution < -0.4 is 5.73 Å². The number of likely N-dealkylation sites (N-methyl/N-ethyl adjacent to an activating group) is 1. The Morgan fingerprint density at radius 2 is 2.12 bits per heavy atom. The van der Waals surface area contributed by atoms with Gasteiger partial charge >= 0.3 is 0 Å². The second kappa shape index (κ2) is 5.37. The monoisotopic (exact) mass is 224 g/mol. The molecule has 5 heteroatoms. The Bertz CT molecular complexity index is 379. The molecule has 0 fully saturated rings. The summed E-state index contributed by atoms with van der Waals surface area (Å²) in [6.45, 7) is 3.11. The van der Waals surface area contributed by atoms with Crippen molar-refractivity contribution in [2.75, 3.05) is 19.6 Å². The standard InChI is InChI=1S/C11H16N2O3/c1-2-13(6-5-12)11(16)9-7-8(14)3-4-10(9)15/h3-4,7,14-15H,2,5-6,12H2,1H3. The first-order valence-corrected chi connectivity index (χ1v) is 5.11. The predicted molar refractivity (Wildman–Crippen MR) is 60.4 cm³/mol. The lowest BCUT2D eigenvalue weighted by molar-refractivity contribution is 0.0765. The highest BCUT2D eigenvalue weighted by Gasteiger charge is 2.17. The van der Waals surface area contributed by atoms with Gasteiger partial charge in [-0.25, -0.2) is 0 Å². The number of carbonyl (C=O) groups is 1. The molecule has 0 bridgehead atoms. The van der Waals surface area contributed by atoms with Crippen LogP contribution in [0, 0.1) is 0 Å². The van der Waals surface area contributed by atoms with E-state index in [4.69, 9.17) is 5.73 Å². The number of nitrogens with two attached hydrogens (primary N) is 1. The highest BCUT2D eigenvalue weighted by Crippen LogP contribution is 2.23.